The van der Waals surface area contributed by atoms with Crippen molar-refractivity contribution in [3.8, 4) is 0 Å². The fraction of sp³-hybridized carbons (Fsp3) is 0.579. The van der Waals surface area contributed by atoms with Crippen LogP contribution in [0.15, 0.2) is 22.7 Å². The normalized spacial score (nSPS) is 20.7. The molecule has 1 saturated heterocycles. The molecule has 1 unspecified atom stereocenters. The number of rotatable bonds is 6. The first-order chi connectivity index (χ1) is 12.6. The number of pyridine rings is 1. The Balaban J connectivity index is 1.45. The van der Waals surface area contributed by atoms with Crippen LogP contribution >= 0.6 is 0 Å². The zero-order valence-electron chi connectivity index (χ0n) is 15.3. The highest BCUT2D eigenvalue weighted by Gasteiger charge is 2.32. The Labute approximate surface area is 153 Å². The average Bonchev–Trinajstić information content (AvgIpc) is 3.11. The molecule has 1 aliphatic carbocycles. The molecule has 7 nitrogen and oxygen atoms in total. The van der Waals surface area contributed by atoms with Gasteiger partial charge in [0.05, 0.1) is 11.7 Å². The molecule has 0 bridgehead atoms. The Morgan fingerprint density at radius 1 is 1.31 bits per heavy atom. The molecule has 7 heteroatoms. The summed E-state index contributed by atoms with van der Waals surface area (Å²) in [7, 11) is 0. The number of nitrogens with one attached hydrogen (secondary N) is 1. The van der Waals surface area contributed by atoms with Crippen molar-refractivity contribution in [2.75, 3.05) is 6.54 Å². The van der Waals surface area contributed by atoms with E-state index in [2.05, 4.69) is 52.4 Å². The van der Waals surface area contributed by atoms with Crippen LogP contribution in [0.3, 0.4) is 0 Å². The topological polar surface area (TPSA) is 84.2 Å². The van der Waals surface area contributed by atoms with Crippen molar-refractivity contribution >= 4 is 5.91 Å². The second-order valence-electron chi connectivity index (χ2n) is 7.54. The number of hydrogen-bond donors (Lipinski definition) is 1. The van der Waals surface area contributed by atoms with E-state index >= 15 is 0 Å². The Bertz CT molecular complexity index is 784. The average molecular weight is 355 g/mol. The largest absolute Gasteiger partial charge is 0.346 e. The summed E-state index contributed by atoms with van der Waals surface area (Å²) in [4.78, 5) is 23.5. The minimum Gasteiger partial charge on any atom is -0.346 e. The van der Waals surface area contributed by atoms with Gasteiger partial charge in [-0.25, -0.2) is 0 Å². The molecule has 1 amide bonds. The van der Waals surface area contributed by atoms with Crippen LogP contribution in [-0.2, 0) is 6.54 Å². The number of amides is 1. The van der Waals surface area contributed by atoms with E-state index in [1.54, 1.807) is 0 Å². The quantitative estimate of drug-likeness (QED) is 0.858. The maximum absolute atomic E-state index is 12.1. The van der Waals surface area contributed by atoms with Gasteiger partial charge in [-0.1, -0.05) is 25.1 Å². The summed E-state index contributed by atoms with van der Waals surface area (Å²) in [5.41, 5.74) is 2.16. The van der Waals surface area contributed by atoms with E-state index in [0.717, 1.165) is 50.2 Å². The van der Waals surface area contributed by atoms with Gasteiger partial charge in [0.25, 0.3) is 11.7 Å². The second-order valence-corrected chi connectivity index (χ2v) is 7.54. The number of carbonyl (C=O) groups excluding carboxylic acids is 1. The number of aromatic nitrogens is 3. The van der Waals surface area contributed by atoms with E-state index in [-0.39, 0.29) is 23.8 Å². The van der Waals surface area contributed by atoms with Crippen LogP contribution in [0.5, 0.6) is 0 Å². The Morgan fingerprint density at radius 3 is 2.92 bits per heavy atom. The third-order valence-electron chi connectivity index (χ3n) is 4.99. The first kappa shape index (κ1) is 17.1. The highest BCUT2D eigenvalue weighted by Crippen LogP contribution is 2.32. The zero-order valence-corrected chi connectivity index (χ0v) is 15.3. The van der Waals surface area contributed by atoms with Crippen LogP contribution < -0.4 is 5.32 Å². The molecule has 0 radical (unpaired) electrons. The van der Waals surface area contributed by atoms with E-state index < -0.39 is 0 Å². The molecular formula is C19H25N5O2. The van der Waals surface area contributed by atoms with Gasteiger partial charge in [0.15, 0.2) is 0 Å². The molecule has 2 aliphatic rings. The van der Waals surface area contributed by atoms with Crippen LogP contribution in [-0.4, -0.2) is 38.5 Å². The van der Waals surface area contributed by atoms with E-state index in [0.29, 0.717) is 11.8 Å². The Hall–Kier alpha value is -2.28. The van der Waals surface area contributed by atoms with Crippen molar-refractivity contribution in [1.29, 1.82) is 0 Å². The molecule has 138 valence electrons. The van der Waals surface area contributed by atoms with Gasteiger partial charge in [-0.15, -0.1) is 0 Å². The van der Waals surface area contributed by atoms with Crippen molar-refractivity contribution in [2.24, 2.45) is 0 Å². The standard InChI is InChI=1S/C19H25N5O2/c1-12(2)15-6-3-5-14(20-15)11-24-10-4-7-16(24)19-22-17(23-26-19)18(25)21-13-8-9-13/h3,5-6,12-13,16H,4,7-11H2,1-2H3,(H,21,25). The molecule has 3 heterocycles. The van der Waals surface area contributed by atoms with Gasteiger partial charge in [0.2, 0.25) is 5.89 Å². The summed E-state index contributed by atoms with van der Waals surface area (Å²) in [6.45, 7) is 6.01. The van der Waals surface area contributed by atoms with Crippen LogP contribution in [0.2, 0.25) is 0 Å². The summed E-state index contributed by atoms with van der Waals surface area (Å²) < 4.78 is 5.42. The van der Waals surface area contributed by atoms with Gasteiger partial charge >= 0.3 is 0 Å². The summed E-state index contributed by atoms with van der Waals surface area (Å²) >= 11 is 0. The fourth-order valence-electron chi connectivity index (χ4n) is 3.35. The van der Waals surface area contributed by atoms with Gasteiger partial charge in [-0.05, 0) is 50.3 Å². The summed E-state index contributed by atoms with van der Waals surface area (Å²) in [6, 6.07) is 6.53. The van der Waals surface area contributed by atoms with Crippen LogP contribution in [0.4, 0.5) is 0 Å². The lowest BCUT2D eigenvalue weighted by Gasteiger charge is -2.21. The molecule has 1 aliphatic heterocycles. The molecule has 0 aromatic carbocycles. The number of hydrogen-bond acceptors (Lipinski definition) is 6. The monoisotopic (exact) mass is 355 g/mol. The lowest BCUT2D eigenvalue weighted by Crippen LogP contribution is -2.27. The summed E-state index contributed by atoms with van der Waals surface area (Å²) in [5.74, 6) is 0.841. The van der Waals surface area contributed by atoms with Gasteiger partial charge in [0, 0.05) is 18.3 Å². The summed E-state index contributed by atoms with van der Waals surface area (Å²) in [5, 5.41) is 6.77. The Kier molecular flexibility index (Phi) is 4.72. The molecule has 1 N–H and O–H groups in total. The number of nitrogens with zero attached hydrogens (tertiary/aromatic N) is 4. The van der Waals surface area contributed by atoms with Crippen molar-refractivity contribution in [3.63, 3.8) is 0 Å². The van der Waals surface area contributed by atoms with Gasteiger partial charge in [-0.3, -0.25) is 14.7 Å². The van der Waals surface area contributed by atoms with E-state index in [1.165, 1.54) is 0 Å². The molecule has 4 rings (SSSR count). The smallest absolute Gasteiger partial charge is 0.292 e. The first-order valence-corrected chi connectivity index (χ1v) is 9.44. The predicted molar refractivity (Wildman–Crippen MR) is 95.5 cm³/mol. The van der Waals surface area contributed by atoms with Crippen LogP contribution in [0, 0.1) is 0 Å². The number of carbonyl (C=O) groups is 1. The highest BCUT2D eigenvalue weighted by molar-refractivity contribution is 5.90. The van der Waals surface area contributed by atoms with E-state index in [1.807, 2.05) is 0 Å². The highest BCUT2D eigenvalue weighted by atomic mass is 16.5. The lowest BCUT2D eigenvalue weighted by molar-refractivity contribution is 0.0937. The third-order valence-corrected chi connectivity index (χ3v) is 4.99. The molecule has 0 spiro atoms. The minimum absolute atomic E-state index is 0.0504. The van der Waals surface area contributed by atoms with E-state index in [4.69, 9.17) is 9.51 Å². The van der Waals surface area contributed by atoms with Gasteiger partial charge in [-0.2, -0.15) is 4.98 Å². The SMILES string of the molecule is CC(C)c1cccc(CN2CCCC2c2nc(C(=O)NC3CC3)no2)n1. The second kappa shape index (κ2) is 7.15. The van der Waals surface area contributed by atoms with Crippen LogP contribution in [0.25, 0.3) is 0 Å². The van der Waals surface area contributed by atoms with Gasteiger partial charge in [0.1, 0.15) is 0 Å². The van der Waals surface area contributed by atoms with Gasteiger partial charge < -0.3 is 9.84 Å². The molecule has 2 aromatic rings. The summed E-state index contributed by atoms with van der Waals surface area (Å²) in [6.07, 6.45) is 4.10. The molecule has 1 saturated carbocycles. The molecule has 2 fully saturated rings. The van der Waals surface area contributed by atoms with Crippen molar-refractivity contribution in [3.05, 3.63) is 41.3 Å². The molecule has 1 atom stereocenters. The van der Waals surface area contributed by atoms with Crippen molar-refractivity contribution < 1.29 is 9.32 Å². The maximum Gasteiger partial charge on any atom is 0.292 e. The van der Waals surface area contributed by atoms with Crippen molar-refractivity contribution in [2.45, 2.75) is 64.1 Å². The van der Waals surface area contributed by atoms with E-state index in [9.17, 15) is 4.79 Å². The lowest BCUT2D eigenvalue weighted by atomic mass is 10.1. The molecule has 26 heavy (non-hydrogen) atoms. The zero-order chi connectivity index (χ0) is 18.1. The molecule has 2 aromatic heterocycles. The van der Waals surface area contributed by atoms with Crippen molar-refractivity contribution in [1.82, 2.24) is 25.3 Å². The fourth-order valence-corrected chi connectivity index (χ4v) is 3.35. The Morgan fingerprint density at radius 2 is 2.15 bits per heavy atom. The third kappa shape index (κ3) is 3.77. The molecular weight excluding hydrogens is 330 g/mol. The number of likely N-dealkylation sites (tertiary alicyclic amines) is 1. The maximum atomic E-state index is 12.1. The minimum atomic E-state index is -0.238. The predicted octanol–water partition coefficient (Wildman–Crippen LogP) is 2.82. The van der Waals surface area contributed by atoms with Crippen LogP contribution in [0.1, 0.15) is 79.4 Å². The first-order valence-electron chi connectivity index (χ1n) is 9.44.